The van der Waals surface area contributed by atoms with Crippen LogP contribution in [0, 0.1) is 0 Å². The molecule has 32 heavy (non-hydrogen) atoms. The van der Waals surface area contributed by atoms with E-state index in [1.807, 2.05) is 18.7 Å². The van der Waals surface area contributed by atoms with Gasteiger partial charge in [0.05, 0.1) is 15.4 Å². The SMILES string of the molecule is CCCN(CCC)Cc1c(O)ccc2c(=O)c(Oc3ccccc3Br)c(C(F)(F)F)oc12. The number of fused-ring (bicyclic) bond motifs is 1. The van der Waals surface area contributed by atoms with Crippen molar-refractivity contribution >= 4 is 26.9 Å². The molecule has 9 heteroatoms. The van der Waals surface area contributed by atoms with Crippen LogP contribution in [0.1, 0.15) is 38.0 Å². The first kappa shape index (κ1) is 24.1. The van der Waals surface area contributed by atoms with Gasteiger partial charge in [-0.15, -0.1) is 0 Å². The van der Waals surface area contributed by atoms with E-state index in [0.29, 0.717) is 17.6 Å². The number of aromatic hydroxyl groups is 1. The molecule has 0 amide bonds. The summed E-state index contributed by atoms with van der Waals surface area (Å²) in [6.07, 6.45) is -3.33. The van der Waals surface area contributed by atoms with E-state index in [9.17, 15) is 23.1 Å². The first-order valence-electron chi connectivity index (χ1n) is 10.2. The molecule has 0 saturated heterocycles. The Kier molecular flexibility index (Phi) is 7.51. The number of phenolic OH excluding ortho intramolecular Hbond substituents is 1. The quantitative estimate of drug-likeness (QED) is 0.363. The molecule has 0 unspecified atom stereocenters. The number of hydrogen-bond acceptors (Lipinski definition) is 5. The number of alkyl halides is 3. The minimum absolute atomic E-state index is 0.0423. The topological polar surface area (TPSA) is 62.9 Å². The number of benzene rings is 2. The Bertz CT molecular complexity index is 1150. The first-order valence-corrected chi connectivity index (χ1v) is 11.0. The summed E-state index contributed by atoms with van der Waals surface area (Å²) in [7, 11) is 0. The van der Waals surface area contributed by atoms with Gasteiger partial charge in [0.2, 0.25) is 11.2 Å². The fraction of sp³-hybridized carbons (Fsp3) is 0.348. The molecule has 0 bridgehead atoms. The van der Waals surface area contributed by atoms with Crippen molar-refractivity contribution < 1.29 is 27.4 Å². The predicted molar refractivity (Wildman–Crippen MR) is 119 cm³/mol. The highest BCUT2D eigenvalue weighted by atomic mass is 79.9. The van der Waals surface area contributed by atoms with E-state index in [4.69, 9.17) is 9.15 Å². The summed E-state index contributed by atoms with van der Waals surface area (Å²) >= 11 is 3.20. The van der Waals surface area contributed by atoms with Crippen molar-refractivity contribution in [3.63, 3.8) is 0 Å². The number of para-hydroxylation sites is 1. The molecule has 0 aliphatic carbocycles. The molecular weight excluding hydrogens is 491 g/mol. The van der Waals surface area contributed by atoms with E-state index in [-0.39, 0.29) is 34.6 Å². The van der Waals surface area contributed by atoms with Crippen molar-refractivity contribution in [1.82, 2.24) is 4.90 Å². The molecule has 0 aliphatic rings. The standard InChI is InChI=1S/C23H23BrF3NO4/c1-3-11-28(12-4-2)13-15-17(29)10-9-14-19(30)21(22(23(25,26)27)32-20(14)15)31-18-8-6-5-7-16(18)24/h5-10,29H,3-4,11-13H2,1-2H3. The smallest absolute Gasteiger partial charge is 0.453 e. The summed E-state index contributed by atoms with van der Waals surface area (Å²) in [5.41, 5.74) is -1.12. The molecular formula is C23H23BrF3NO4. The summed E-state index contributed by atoms with van der Waals surface area (Å²) in [4.78, 5) is 15.1. The third-order valence-corrected chi connectivity index (χ3v) is 5.52. The Morgan fingerprint density at radius 1 is 1.09 bits per heavy atom. The van der Waals surface area contributed by atoms with Gasteiger partial charge in [0.15, 0.2) is 0 Å². The summed E-state index contributed by atoms with van der Waals surface area (Å²) < 4.78 is 52.7. The Morgan fingerprint density at radius 2 is 1.75 bits per heavy atom. The molecule has 3 aromatic rings. The largest absolute Gasteiger partial charge is 0.507 e. The fourth-order valence-electron chi connectivity index (χ4n) is 3.48. The molecule has 5 nitrogen and oxygen atoms in total. The molecule has 1 heterocycles. The third kappa shape index (κ3) is 5.10. The van der Waals surface area contributed by atoms with Crippen LogP contribution in [-0.4, -0.2) is 23.1 Å². The van der Waals surface area contributed by atoms with E-state index >= 15 is 0 Å². The van der Waals surface area contributed by atoms with Crippen LogP contribution in [0.3, 0.4) is 0 Å². The van der Waals surface area contributed by atoms with Crippen molar-refractivity contribution in [2.75, 3.05) is 13.1 Å². The second-order valence-electron chi connectivity index (χ2n) is 7.34. The number of phenols is 1. The summed E-state index contributed by atoms with van der Waals surface area (Å²) in [5, 5.41) is 10.3. The van der Waals surface area contributed by atoms with Gasteiger partial charge in [0, 0.05) is 6.54 Å². The Labute approximate surface area is 191 Å². The van der Waals surface area contributed by atoms with E-state index in [1.54, 1.807) is 18.2 Å². The summed E-state index contributed by atoms with van der Waals surface area (Å²) in [5.74, 6) is -2.69. The number of rotatable bonds is 8. The third-order valence-electron chi connectivity index (χ3n) is 4.86. The van der Waals surface area contributed by atoms with Gasteiger partial charge in [0.25, 0.3) is 5.76 Å². The zero-order valence-corrected chi connectivity index (χ0v) is 19.2. The fourth-order valence-corrected chi connectivity index (χ4v) is 3.85. The number of ether oxygens (including phenoxy) is 1. The molecule has 0 radical (unpaired) electrons. The summed E-state index contributed by atoms with van der Waals surface area (Å²) in [6, 6.07) is 8.79. The molecule has 0 spiro atoms. The molecule has 2 aromatic carbocycles. The molecule has 172 valence electrons. The second kappa shape index (κ2) is 9.95. The Morgan fingerprint density at radius 3 is 2.34 bits per heavy atom. The number of halogens is 4. The van der Waals surface area contributed by atoms with Gasteiger partial charge in [-0.05, 0) is 66.1 Å². The number of nitrogens with zero attached hydrogens (tertiary/aromatic N) is 1. The highest BCUT2D eigenvalue weighted by molar-refractivity contribution is 9.10. The second-order valence-corrected chi connectivity index (χ2v) is 8.19. The maximum atomic E-state index is 13.9. The molecule has 0 aliphatic heterocycles. The average molecular weight is 514 g/mol. The van der Waals surface area contributed by atoms with Crippen molar-refractivity contribution in [2.24, 2.45) is 0 Å². The molecule has 1 N–H and O–H groups in total. The zero-order valence-electron chi connectivity index (χ0n) is 17.6. The van der Waals surface area contributed by atoms with Crippen LogP contribution < -0.4 is 10.2 Å². The maximum Gasteiger partial charge on any atom is 0.453 e. The van der Waals surface area contributed by atoms with Crippen LogP contribution in [0.2, 0.25) is 0 Å². The summed E-state index contributed by atoms with van der Waals surface area (Å²) in [6.45, 7) is 5.49. The van der Waals surface area contributed by atoms with E-state index in [0.717, 1.165) is 12.8 Å². The maximum absolute atomic E-state index is 13.9. The lowest BCUT2D eigenvalue weighted by atomic mass is 10.1. The monoisotopic (exact) mass is 513 g/mol. The molecule has 0 atom stereocenters. The zero-order chi connectivity index (χ0) is 23.5. The molecule has 1 aromatic heterocycles. The van der Waals surface area contributed by atoms with Crippen LogP contribution in [0.5, 0.6) is 17.2 Å². The average Bonchev–Trinajstić information content (AvgIpc) is 2.72. The Hall–Kier alpha value is -2.52. The van der Waals surface area contributed by atoms with Crippen molar-refractivity contribution in [1.29, 1.82) is 0 Å². The van der Waals surface area contributed by atoms with Gasteiger partial charge < -0.3 is 14.3 Å². The minimum Gasteiger partial charge on any atom is -0.507 e. The van der Waals surface area contributed by atoms with Gasteiger partial charge in [-0.2, -0.15) is 13.2 Å². The van der Waals surface area contributed by atoms with E-state index in [1.165, 1.54) is 18.2 Å². The lowest BCUT2D eigenvalue weighted by molar-refractivity contribution is -0.154. The van der Waals surface area contributed by atoms with Gasteiger partial charge >= 0.3 is 6.18 Å². The van der Waals surface area contributed by atoms with Crippen LogP contribution in [-0.2, 0) is 12.7 Å². The normalized spacial score (nSPS) is 12.0. The predicted octanol–water partition coefficient (Wildman–Crippen LogP) is 6.69. The van der Waals surface area contributed by atoms with Gasteiger partial charge in [-0.25, -0.2) is 0 Å². The highest BCUT2D eigenvalue weighted by Gasteiger charge is 2.41. The van der Waals surface area contributed by atoms with Crippen LogP contribution in [0.4, 0.5) is 13.2 Å². The van der Waals surface area contributed by atoms with Crippen molar-refractivity contribution in [3.05, 3.63) is 62.4 Å². The van der Waals surface area contributed by atoms with E-state index < -0.39 is 23.1 Å². The molecule has 0 fully saturated rings. The van der Waals surface area contributed by atoms with Crippen LogP contribution >= 0.6 is 15.9 Å². The van der Waals surface area contributed by atoms with E-state index in [2.05, 4.69) is 15.9 Å². The number of hydrogen-bond donors (Lipinski definition) is 1. The Balaban J connectivity index is 2.23. The van der Waals surface area contributed by atoms with Gasteiger partial charge in [-0.1, -0.05) is 26.0 Å². The lowest BCUT2D eigenvalue weighted by Crippen LogP contribution is -2.25. The van der Waals surface area contributed by atoms with Gasteiger partial charge in [0.1, 0.15) is 17.1 Å². The molecule has 0 saturated carbocycles. The minimum atomic E-state index is -4.99. The van der Waals surface area contributed by atoms with Crippen molar-refractivity contribution in [3.8, 4) is 17.2 Å². The first-order chi connectivity index (χ1) is 15.2. The highest BCUT2D eigenvalue weighted by Crippen LogP contribution is 2.41. The van der Waals surface area contributed by atoms with Crippen molar-refractivity contribution in [2.45, 2.75) is 39.4 Å². The molecule has 3 rings (SSSR count). The van der Waals surface area contributed by atoms with Crippen LogP contribution in [0.25, 0.3) is 11.0 Å². The van der Waals surface area contributed by atoms with Gasteiger partial charge in [-0.3, -0.25) is 9.69 Å². The van der Waals surface area contributed by atoms with Crippen LogP contribution in [0.15, 0.2) is 50.1 Å². The lowest BCUT2D eigenvalue weighted by Gasteiger charge is -2.22.